The summed E-state index contributed by atoms with van der Waals surface area (Å²) >= 11 is 1.22. The van der Waals surface area contributed by atoms with Gasteiger partial charge in [-0.25, -0.2) is 4.79 Å². The minimum Gasteiger partial charge on any atom is -0.481 e. The summed E-state index contributed by atoms with van der Waals surface area (Å²) in [7, 11) is 0. The van der Waals surface area contributed by atoms with Gasteiger partial charge in [-0.3, -0.25) is 9.59 Å². The van der Waals surface area contributed by atoms with Gasteiger partial charge in [0.05, 0.1) is 30.7 Å². The van der Waals surface area contributed by atoms with E-state index in [4.69, 9.17) is 9.47 Å². The smallest absolute Gasteiger partial charge is 0.341 e. The predicted molar refractivity (Wildman–Crippen MR) is 132 cm³/mol. The maximum atomic E-state index is 13.2. The van der Waals surface area contributed by atoms with Gasteiger partial charge in [0.2, 0.25) is 5.91 Å². The van der Waals surface area contributed by atoms with Crippen molar-refractivity contribution in [2.75, 3.05) is 11.9 Å². The summed E-state index contributed by atoms with van der Waals surface area (Å²) in [4.78, 5) is 37.9. The molecule has 0 radical (unpaired) electrons. The van der Waals surface area contributed by atoms with Crippen LogP contribution in [0.5, 0.6) is 0 Å². The number of carbonyl (C=O) groups is 3. The number of rotatable bonds is 7. The molecule has 0 spiro atoms. The highest BCUT2D eigenvalue weighted by atomic mass is 32.1. The number of aliphatic carboxylic acids is 1. The predicted octanol–water partition coefficient (Wildman–Crippen LogP) is 5.08. The quantitative estimate of drug-likeness (QED) is 0.447. The van der Waals surface area contributed by atoms with E-state index >= 15 is 0 Å². The number of esters is 1. The molecule has 0 saturated carbocycles. The lowest BCUT2D eigenvalue weighted by Gasteiger charge is -2.23. The second kappa shape index (κ2) is 9.64. The molecule has 2 N–H and O–H groups in total. The van der Waals surface area contributed by atoms with E-state index in [1.165, 1.54) is 11.3 Å². The molecule has 2 fully saturated rings. The number of thiophene rings is 1. The zero-order valence-electron chi connectivity index (χ0n) is 19.1. The Morgan fingerprint density at radius 1 is 0.971 bits per heavy atom. The first-order valence-electron chi connectivity index (χ1n) is 11.6. The summed E-state index contributed by atoms with van der Waals surface area (Å²) in [6, 6.07) is 17.8. The van der Waals surface area contributed by atoms with Crippen LogP contribution in [0.25, 0.3) is 22.3 Å². The van der Waals surface area contributed by atoms with Gasteiger partial charge in [0.25, 0.3) is 0 Å². The van der Waals surface area contributed by atoms with Gasteiger partial charge in [-0.1, -0.05) is 54.6 Å². The number of anilines is 1. The molecule has 180 valence electrons. The molecule has 35 heavy (non-hydrogen) atoms. The lowest BCUT2D eigenvalue weighted by atomic mass is 9.79. The zero-order valence-corrected chi connectivity index (χ0v) is 19.9. The van der Waals surface area contributed by atoms with Gasteiger partial charge in [-0.05, 0) is 36.5 Å². The fraction of sp³-hybridized carbons (Fsp3) is 0.296. The van der Waals surface area contributed by atoms with Crippen molar-refractivity contribution < 1.29 is 29.0 Å². The molecular formula is C27H25NO6S. The Labute approximate surface area is 206 Å². The van der Waals surface area contributed by atoms with E-state index in [1.807, 2.05) is 60.0 Å². The average Bonchev–Trinajstić information content (AvgIpc) is 3.59. The van der Waals surface area contributed by atoms with Crippen LogP contribution in [0.15, 0.2) is 60.0 Å². The third kappa shape index (κ3) is 4.35. The fourth-order valence-electron chi connectivity index (χ4n) is 5.06. The second-order valence-electron chi connectivity index (χ2n) is 8.69. The summed E-state index contributed by atoms with van der Waals surface area (Å²) in [6.45, 7) is 1.91. The number of amides is 1. The van der Waals surface area contributed by atoms with E-state index in [-0.39, 0.29) is 12.2 Å². The monoisotopic (exact) mass is 491 g/mol. The Kier molecular flexibility index (Phi) is 6.40. The van der Waals surface area contributed by atoms with E-state index in [0.717, 1.165) is 16.7 Å². The molecule has 2 bridgehead atoms. The molecular weight excluding hydrogens is 466 g/mol. The van der Waals surface area contributed by atoms with Crippen molar-refractivity contribution in [1.29, 1.82) is 0 Å². The standard InChI is InChI=1S/C27H25NO6S/c1-2-33-27(32)21-18(17-10-8-16(9-11-17)15-6-4-3-5-7-15)14-35-25(21)28-24(29)22-19-12-13-20(34-19)23(22)26(30)31/h3-11,14,19-20,22-23H,2,12-13H2,1H3,(H,28,29)(H,30,31)/t19-,20-,22+,23+/m1/s1. The van der Waals surface area contributed by atoms with E-state index in [1.54, 1.807) is 6.92 Å². The van der Waals surface area contributed by atoms with Gasteiger partial charge in [0, 0.05) is 10.9 Å². The van der Waals surface area contributed by atoms with Crippen LogP contribution in [-0.2, 0) is 19.1 Å². The van der Waals surface area contributed by atoms with Crippen LogP contribution in [0.4, 0.5) is 5.00 Å². The van der Waals surface area contributed by atoms with Gasteiger partial charge in [0.1, 0.15) is 10.6 Å². The third-order valence-corrected chi connectivity index (χ3v) is 7.57. The Morgan fingerprint density at radius 2 is 1.60 bits per heavy atom. The minimum atomic E-state index is -1.03. The van der Waals surface area contributed by atoms with Crippen molar-refractivity contribution in [3.8, 4) is 22.3 Å². The van der Waals surface area contributed by atoms with Crippen molar-refractivity contribution in [3.63, 3.8) is 0 Å². The van der Waals surface area contributed by atoms with Crippen LogP contribution < -0.4 is 5.32 Å². The number of fused-ring (bicyclic) bond motifs is 2. The molecule has 1 aromatic heterocycles. The normalized spacial score (nSPS) is 22.7. The lowest BCUT2D eigenvalue weighted by molar-refractivity contribution is -0.147. The van der Waals surface area contributed by atoms with E-state index in [2.05, 4.69) is 5.32 Å². The summed E-state index contributed by atoms with van der Waals surface area (Å²) in [5, 5.41) is 14.6. The molecule has 0 aliphatic carbocycles. The molecule has 0 unspecified atom stereocenters. The Bertz CT molecular complexity index is 1250. The van der Waals surface area contributed by atoms with Gasteiger partial charge in [0.15, 0.2) is 0 Å². The second-order valence-corrected chi connectivity index (χ2v) is 9.57. The maximum Gasteiger partial charge on any atom is 0.341 e. The first-order valence-corrected chi connectivity index (χ1v) is 12.5. The van der Waals surface area contributed by atoms with Crippen LogP contribution in [-0.4, -0.2) is 41.8 Å². The SMILES string of the molecule is CCOC(=O)c1c(-c2ccc(-c3ccccc3)cc2)csc1NC(=O)[C@@H]1[C@@H](C(=O)O)[C@H]2CC[C@H]1O2. The molecule has 2 aromatic carbocycles. The van der Waals surface area contributed by atoms with Crippen molar-refractivity contribution in [2.45, 2.75) is 32.0 Å². The topological polar surface area (TPSA) is 102 Å². The van der Waals surface area contributed by atoms with Crippen LogP contribution in [0.2, 0.25) is 0 Å². The highest BCUT2D eigenvalue weighted by Crippen LogP contribution is 2.45. The molecule has 3 heterocycles. The summed E-state index contributed by atoms with van der Waals surface area (Å²) in [6.07, 6.45) is 0.430. The first kappa shape index (κ1) is 23.3. The highest BCUT2D eigenvalue weighted by molar-refractivity contribution is 7.15. The fourth-order valence-corrected chi connectivity index (χ4v) is 6.02. The maximum absolute atomic E-state index is 13.2. The first-order chi connectivity index (χ1) is 17.0. The molecule has 2 saturated heterocycles. The summed E-state index contributed by atoms with van der Waals surface area (Å²) in [5.74, 6) is -3.69. The van der Waals surface area contributed by atoms with Gasteiger partial charge >= 0.3 is 11.9 Å². The van der Waals surface area contributed by atoms with Crippen molar-refractivity contribution in [3.05, 3.63) is 65.5 Å². The number of nitrogens with one attached hydrogen (secondary N) is 1. The van der Waals surface area contributed by atoms with E-state index in [0.29, 0.717) is 23.4 Å². The average molecular weight is 492 g/mol. The Balaban J connectivity index is 1.44. The van der Waals surface area contributed by atoms with E-state index < -0.39 is 41.9 Å². The number of hydrogen-bond donors (Lipinski definition) is 2. The zero-order chi connectivity index (χ0) is 24.5. The highest BCUT2D eigenvalue weighted by Gasteiger charge is 2.55. The minimum absolute atomic E-state index is 0.190. The summed E-state index contributed by atoms with van der Waals surface area (Å²) < 4.78 is 11.0. The van der Waals surface area contributed by atoms with Gasteiger partial charge in [-0.2, -0.15) is 0 Å². The molecule has 7 nitrogen and oxygen atoms in total. The summed E-state index contributed by atoms with van der Waals surface area (Å²) in [5.41, 5.74) is 3.88. The van der Waals surface area contributed by atoms with Crippen molar-refractivity contribution in [2.24, 2.45) is 11.8 Å². The Morgan fingerprint density at radius 3 is 2.26 bits per heavy atom. The number of carbonyl (C=O) groups excluding carboxylic acids is 2. The molecule has 3 aromatic rings. The van der Waals surface area contributed by atoms with Gasteiger partial charge in [-0.15, -0.1) is 11.3 Å². The van der Waals surface area contributed by atoms with Crippen LogP contribution in [0, 0.1) is 11.8 Å². The lowest BCUT2D eigenvalue weighted by Crippen LogP contribution is -2.41. The number of carboxylic acid groups (broad SMARTS) is 1. The largest absolute Gasteiger partial charge is 0.481 e. The molecule has 8 heteroatoms. The van der Waals surface area contributed by atoms with Crippen LogP contribution in [0.1, 0.15) is 30.1 Å². The van der Waals surface area contributed by atoms with Gasteiger partial charge < -0.3 is 19.9 Å². The number of ether oxygens (including phenoxy) is 2. The Hall–Kier alpha value is -3.49. The van der Waals surface area contributed by atoms with E-state index in [9.17, 15) is 19.5 Å². The number of carboxylic acids is 1. The van der Waals surface area contributed by atoms with Crippen molar-refractivity contribution in [1.82, 2.24) is 0 Å². The third-order valence-electron chi connectivity index (χ3n) is 6.67. The molecule has 5 rings (SSSR count). The molecule has 2 aliphatic heterocycles. The molecule has 1 amide bonds. The van der Waals surface area contributed by atoms with Crippen LogP contribution >= 0.6 is 11.3 Å². The molecule has 4 atom stereocenters. The van der Waals surface area contributed by atoms with Crippen molar-refractivity contribution >= 4 is 34.2 Å². The number of benzene rings is 2. The number of hydrogen-bond acceptors (Lipinski definition) is 6. The van der Waals surface area contributed by atoms with Crippen LogP contribution in [0.3, 0.4) is 0 Å². The molecule has 2 aliphatic rings.